The first-order valence-electron chi connectivity index (χ1n) is 15.7. The van der Waals surface area contributed by atoms with Gasteiger partial charge in [-0.25, -0.2) is 9.37 Å². The molecule has 4 aromatic rings. The highest BCUT2D eigenvalue weighted by molar-refractivity contribution is 6.10. The molecule has 3 aromatic carbocycles. The number of amides is 1. The summed E-state index contributed by atoms with van der Waals surface area (Å²) < 4.78 is 32.1. The minimum atomic E-state index is -0.423. The second kappa shape index (κ2) is 13.0. The lowest BCUT2D eigenvalue weighted by molar-refractivity contribution is -0.423. The minimum absolute atomic E-state index is 0.132. The fraction of sp³-hybridized carbons (Fsp3) is 0.382. The summed E-state index contributed by atoms with van der Waals surface area (Å²) >= 11 is 0. The molecule has 3 aliphatic rings. The van der Waals surface area contributed by atoms with Crippen LogP contribution in [0.4, 0.5) is 21.7 Å². The Hall–Kier alpha value is -4.32. The monoisotopic (exact) mass is 612 g/mol. The maximum atomic E-state index is 14.6. The fourth-order valence-corrected chi connectivity index (χ4v) is 6.23. The van der Waals surface area contributed by atoms with Gasteiger partial charge < -0.3 is 29.7 Å². The number of halogens is 1. The Balaban J connectivity index is 1.03. The third-order valence-corrected chi connectivity index (χ3v) is 8.62. The number of aromatic nitrogens is 2. The number of nitrogens with zero attached hydrogens (tertiary/aromatic N) is 4. The highest BCUT2D eigenvalue weighted by atomic mass is 19.1. The van der Waals surface area contributed by atoms with Crippen molar-refractivity contribution in [1.82, 2.24) is 14.9 Å². The summed E-state index contributed by atoms with van der Waals surface area (Å²) in [6.07, 6.45) is 6.44. The molecular formula is C34H37FN6O4. The van der Waals surface area contributed by atoms with E-state index in [9.17, 15) is 9.18 Å². The average molecular weight is 613 g/mol. The molecule has 0 saturated carbocycles. The van der Waals surface area contributed by atoms with E-state index in [4.69, 9.17) is 14.2 Å². The van der Waals surface area contributed by atoms with Gasteiger partial charge >= 0.3 is 0 Å². The van der Waals surface area contributed by atoms with E-state index in [2.05, 4.69) is 30.4 Å². The zero-order valence-corrected chi connectivity index (χ0v) is 25.2. The number of carbonyl (C=O) groups excluding carboxylic acids is 1. The highest BCUT2D eigenvalue weighted by Gasteiger charge is 2.35. The van der Waals surface area contributed by atoms with Gasteiger partial charge in [0.05, 0.1) is 0 Å². The first-order valence-corrected chi connectivity index (χ1v) is 15.7. The zero-order chi connectivity index (χ0) is 30.8. The van der Waals surface area contributed by atoms with E-state index in [0.717, 1.165) is 68.3 Å². The first-order chi connectivity index (χ1) is 22.0. The molecule has 10 nitrogen and oxygen atoms in total. The lowest BCUT2D eigenvalue weighted by Gasteiger charge is -2.43. The third-order valence-electron chi connectivity index (χ3n) is 8.62. The van der Waals surface area contributed by atoms with Gasteiger partial charge in [0.1, 0.15) is 11.6 Å². The van der Waals surface area contributed by atoms with Gasteiger partial charge in [-0.05, 0) is 69.4 Å². The van der Waals surface area contributed by atoms with Crippen LogP contribution in [0.5, 0.6) is 11.6 Å². The average Bonchev–Trinajstić information content (AvgIpc) is 3.05. The van der Waals surface area contributed by atoms with E-state index in [-0.39, 0.29) is 30.2 Å². The Morgan fingerprint density at radius 2 is 1.73 bits per heavy atom. The maximum absolute atomic E-state index is 14.6. The summed E-state index contributed by atoms with van der Waals surface area (Å²) in [4.78, 5) is 26.7. The van der Waals surface area contributed by atoms with Gasteiger partial charge in [0.15, 0.2) is 6.29 Å². The Morgan fingerprint density at radius 1 is 0.956 bits per heavy atom. The van der Waals surface area contributed by atoms with E-state index in [0.29, 0.717) is 23.3 Å². The molecule has 4 heterocycles. The van der Waals surface area contributed by atoms with Crippen LogP contribution >= 0.6 is 0 Å². The number of benzene rings is 3. The predicted molar refractivity (Wildman–Crippen MR) is 170 cm³/mol. The van der Waals surface area contributed by atoms with E-state index < -0.39 is 5.82 Å². The van der Waals surface area contributed by atoms with E-state index in [1.54, 1.807) is 30.5 Å². The minimum Gasteiger partial charge on any atom is -0.438 e. The molecule has 45 heavy (non-hydrogen) atoms. The largest absolute Gasteiger partial charge is 0.438 e. The van der Waals surface area contributed by atoms with Crippen molar-refractivity contribution >= 4 is 34.0 Å². The van der Waals surface area contributed by atoms with E-state index in [1.165, 1.54) is 18.6 Å². The molecule has 0 aliphatic carbocycles. The third kappa shape index (κ3) is 6.70. The Labute approximate surface area is 261 Å². The molecule has 0 bridgehead atoms. The SMILES string of the molecule is CC1OC(N2CCC(Nc3nccc(Oc4ccc(NC(=O)c5cc(F)cc(N6CCCCC6)c5)c5ccccc45)n3)CC2)O1. The van der Waals surface area contributed by atoms with Crippen molar-refractivity contribution in [2.45, 2.75) is 57.8 Å². The lowest BCUT2D eigenvalue weighted by Crippen LogP contribution is -2.54. The molecule has 234 valence electrons. The van der Waals surface area contributed by atoms with Crippen molar-refractivity contribution in [3.05, 3.63) is 78.2 Å². The number of hydrogen-bond donors (Lipinski definition) is 2. The smallest absolute Gasteiger partial charge is 0.255 e. The van der Waals surface area contributed by atoms with Gasteiger partial charge in [0, 0.05) is 72.2 Å². The lowest BCUT2D eigenvalue weighted by atomic mass is 10.1. The Morgan fingerprint density at radius 3 is 2.51 bits per heavy atom. The summed E-state index contributed by atoms with van der Waals surface area (Å²) in [5.74, 6) is 0.708. The number of rotatable bonds is 8. The molecule has 1 amide bonds. The quantitative estimate of drug-likeness (QED) is 0.236. The molecule has 7 rings (SSSR count). The van der Waals surface area contributed by atoms with Crippen LogP contribution in [0.25, 0.3) is 10.8 Å². The first kappa shape index (κ1) is 29.4. The van der Waals surface area contributed by atoms with Gasteiger partial charge in [-0.1, -0.05) is 24.3 Å². The normalized spacial score (nSPS) is 20.9. The number of piperidine rings is 2. The standard InChI is InChI=1S/C34H37FN6O4/c1-22-43-34(44-22)41-17-12-25(13-18-41)37-33-36-14-11-31(39-33)45-30-10-9-29(27-7-3-4-8-28(27)30)38-32(42)23-19-24(35)21-26(20-23)40-15-5-2-6-16-40/h3-4,7-11,14,19-22,25,34H,2,5-6,12-13,15-18H2,1H3,(H,38,42)(H,36,37,39). The van der Waals surface area contributed by atoms with Gasteiger partial charge in [0.2, 0.25) is 18.2 Å². The van der Waals surface area contributed by atoms with Gasteiger partial charge in [-0.3, -0.25) is 9.69 Å². The van der Waals surface area contributed by atoms with Gasteiger partial charge in [0.25, 0.3) is 5.91 Å². The Kier molecular flexibility index (Phi) is 8.47. The summed E-state index contributed by atoms with van der Waals surface area (Å²) in [6, 6.07) is 17.8. The number of likely N-dealkylation sites (tertiary alicyclic amines) is 1. The second-order valence-corrected chi connectivity index (χ2v) is 11.8. The van der Waals surface area contributed by atoms with Crippen LogP contribution < -0.4 is 20.3 Å². The van der Waals surface area contributed by atoms with Crippen LogP contribution in [0.2, 0.25) is 0 Å². The Bertz CT molecular complexity index is 1670. The van der Waals surface area contributed by atoms with Crippen LogP contribution in [0, 0.1) is 5.82 Å². The van der Waals surface area contributed by atoms with Gasteiger partial charge in [-0.15, -0.1) is 0 Å². The van der Waals surface area contributed by atoms with Crippen molar-refractivity contribution in [3.63, 3.8) is 0 Å². The van der Waals surface area contributed by atoms with Crippen molar-refractivity contribution < 1.29 is 23.4 Å². The van der Waals surface area contributed by atoms with Crippen LogP contribution in [-0.2, 0) is 9.47 Å². The fourth-order valence-electron chi connectivity index (χ4n) is 6.23. The number of hydrogen-bond acceptors (Lipinski definition) is 9. The number of ether oxygens (including phenoxy) is 3. The number of nitrogens with one attached hydrogen (secondary N) is 2. The summed E-state index contributed by atoms with van der Waals surface area (Å²) in [7, 11) is 0. The van der Waals surface area contributed by atoms with Crippen molar-refractivity contribution in [2.24, 2.45) is 0 Å². The summed E-state index contributed by atoms with van der Waals surface area (Å²) in [5, 5.41) is 8.02. The van der Waals surface area contributed by atoms with Crippen molar-refractivity contribution in [2.75, 3.05) is 41.7 Å². The number of carbonyl (C=O) groups is 1. The number of anilines is 3. The van der Waals surface area contributed by atoms with Crippen LogP contribution in [0.1, 0.15) is 49.4 Å². The molecule has 3 fully saturated rings. The molecule has 0 radical (unpaired) electrons. The van der Waals surface area contributed by atoms with Crippen molar-refractivity contribution in [3.8, 4) is 11.6 Å². The van der Waals surface area contributed by atoms with E-state index in [1.807, 2.05) is 31.2 Å². The molecule has 0 unspecified atom stereocenters. The predicted octanol–water partition coefficient (Wildman–Crippen LogP) is 6.36. The summed E-state index contributed by atoms with van der Waals surface area (Å²) in [5.41, 5.74) is 1.63. The topological polar surface area (TPSA) is 101 Å². The van der Waals surface area contributed by atoms with E-state index >= 15 is 0 Å². The number of fused-ring (bicyclic) bond motifs is 1. The molecule has 1 aromatic heterocycles. The molecule has 2 N–H and O–H groups in total. The van der Waals surface area contributed by atoms with Crippen LogP contribution in [0.3, 0.4) is 0 Å². The molecule has 3 aliphatic heterocycles. The molecule has 0 spiro atoms. The van der Waals surface area contributed by atoms with Crippen molar-refractivity contribution in [1.29, 1.82) is 0 Å². The zero-order valence-electron chi connectivity index (χ0n) is 25.2. The van der Waals surface area contributed by atoms with Crippen LogP contribution in [-0.4, -0.2) is 65.7 Å². The van der Waals surface area contributed by atoms with Gasteiger partial charge in [-0.2, -0.15) is 4.98 Å². The maximum Gasteiger partial charge on any atom is 0.255 e. The highest BCUT2D eigenvalue weighted by Crippen LogP contribution is 2.35. The molecule has 3 saturated heterocycles. The molecular weight excluding hydrogens is 575 g/mol. The molecule has 11 heteroatoms. The second-order valence-electron chi connectivity index (χ2n) is 11.8. The summed E-state index contributed by atoms with van der Waals surface area (Å²) in [6.45, 7) is 5.35. The molecule has 0 atom stereocenters. The van der Waals surface area contributed by atoms with Crippen LogP contribution in [0.15, 0.2) is 66.9 Å².